The minimum Gasteiger partial charge on any atom is -0.329 e. The van der Waals surface area contributed by atoms with E-state index < -0.39 is 0 Å². The Bertz CT molecular complexity index is 371. The van der Waals surface area contributed by atoms with Crippen molar-refractivity contribution in [1.82, 2.24) is 0 Å². The molecule has 100 valence electrons. The molecule has 0 saturated heterocycles. The predicted octanol–water partition coefficient (Wildman–Crippen LogP) is 2.90. The first kappa shape index (κ1) is 14.7. The molecule has 0 heterocycles. The van der Waals surface area contributed by atoms with Gasteiger partial charge in [-0.3, -0.25) is 4.79 Å². The number of amides is 1. The molecule has 0 saturated carbocycles. The number of rotatable bonds is 6. The number of benzene rings is 1. The van der Waals surface area contributed by atoms with Crippen molar-refractivity contribution in [3.63, 3.8) is 0 Å². The van der Waals surface area contributed by atoms with Gasteiger partial charge in [-0.05, 0) is 30.0 Å². The average molecular weight is 248 g/mol. The van der Waals surface area contributed by atoms with Crippen molar-refractivity contribution in [2.45, 2.75) is 39.5 Å². The Labute approximate surface area is 110 Å². The molecule has 1 amide bonds. The van der Waals surface area contributed by atoms with Gasteiger partial charge < -0.3 is 10.6 Å². The third-order valence-corrected chi connectivity index (χ3v) is 2.99. The first-order chi connectivity index (χ1) is 8.60. The molecule has 0 aliphatic rings. The average Bonchev–Trinajstić information content (AvgIpc) is 2.36. The van der Waals surface area contributed by atoms with E-state index in [0.717, 1.165) is 12.1 Å². The number of carbonyl (C=O) groups excluding carboxylic acids is 1. The fourth-order valence-electron chi connectivity index (χ4n) is 1.91. The van der Waals surface area contributed by atoms with Crippen LogP contribution in [0.1, 0.15) is 45.1 Å². The van der Waals surface area contributed by atoms with Gasteiger partial charge in [0.2, 0.25) is 5.91 Å². The Morgan fingerprint density at radius 2 is 1.89 bits per heavy atom. The lowest BCUT2D eigenvalue weighted by Crippen LogP contribution is -2.35. The van der Waals surface area contributed by atoms with Gasteiger partial charge in [0, 0.05) is 25.2 Å². The largest absolute Gasteiger partial charge is 0.329 e. The van der Waals surface area contributed by atoms with Crippen LogP contribution in [0.25, 0.3) is 0 Å². The van der Waals surface area contributed by atoms with Crippen LogP contribution in [0.15, 0.2) is 24.3 Å². The zero-order valence-electron chi connectivity index (χ0n) is 11.6. The van der Waals surface area contributed by atoms with Crippen molar-refractivity contribution >= 4 is 11.6 Å². The maximum atomic E-state index is 12.0. The Morgan fingerprint density at radius 3 is 2.33 bits per heavy atom. The topological polar surface area (TPSA) is 46.3 Å². The van der Waals surface area contributed by atoms with Gasteiger partial charge in [0.25, 0.3) is 0 Å². The summed E-state index contributed by atoms with van der Waals surface area (Å²) in [6.07, 6.45) is 1.44. The number of hydrogen-bond donors (Lipinski definition) is 1. The highest BCUT2D eigenvalue weighted by Gasteiger charge is 2.13. The fourth-order valence-corrected chi connectivity index (χ4v) is 1.91. The lowest BCUT2D eigenvalue weighted by atomic mass is 10.0. The van der Waals surface area contributed by atoms with Gasteiger partial charge in [0.15, 0.2) is 0 Å². The third-order valence-electron chi connectivity index (χ3n) is 2.99. The van der Waals surface area contributed by atoms with E-state index in [1.165, 1.54) is 5.56 Å². The van der Waals surface area contributed by atoms with E-state index in [1.54, 1.807) is 4.90 Å². The predicted molar refractivity (Wildman–Crippen MR) is 76.8 cm³/mol. The van der Waals surface area contributed by atoms with Crippen LogP contribution in [0.5, 0.6) is 0 Å². The van der Waals surface area contributed by atoms with Crippen LogP contribution in [0.2, 0.25) is 0 Å². The highest BCUT2D eigenvalue weighted by Crippen LogP contribution is 2.20. The molecule has 0 spiro atoms. The molecule has 1 rings (SSSR count). The lowest BCUT2D eigenvalue weighted by Gasteiger charge is -2.22. The molecular formula is C15H24N2O. The summed E-state index contributed by atoms with van der Waals surface area (Å²) in [6, 6.07) is 8.20. The van der Waals surface area contributed by atoms with Gasteiger partial charge in [-0.25, -0.2) is 0 Å². The van der Waals surface area contributed by atoms with Crippen molar-refractivity contribution < 1.29 is 4.79 Å². The molecule has 3 nitrogen and oxygen atoms in total. The second-order valence-corrected chi connectivity index (χ2v) is 4.83. The minimum atomic E-state index is 0.153. The Kier molecular flexibility index (Phi) is 5.86. The van der Waals surface area contributed by atoms with Crippen molar-refractivity contribution in [1.29, 1.82) is 0 Å². The van der Waals surface area contributed by atoms with E-state index in [0.29, 0.717) is 25.4 Å². The zero-order valence-corrected chi connectivity index (χ0v) is 11.6. The second-order valence-electron chi connectivity index (χ2n) is 4.83. The fraction of sp³-hybridized carbons (Fsp3) is 0.533. The lowest BCUT2D eigenvalue weighted by molar-refractivity contribution is -0.118. The highest BCUT2D eigenvalue weighted by atomic mass is 16.2. The molecule has 18 heavy (non-hydrogen) atoms. The van der Waals surface area contributed by atoms with Gasteiger partial charge in [0.05, 0.1) is 0 Å². The number of carbonyl (C=O) groups is 1. The Hall–Kier alpha value is -1.35. The molecule has 0 atom stereocenters. The summed E-state index contributed by atoms with van der Waals surface area (Å²) in [5.41, 5.74) is 7.82. The normalized spacial score (nSPS) is 10.7. The van der Waals surface area contributed by atoms with Gasteiger partial charge >= 0.3 is 0 Å². The van der Waals surface area contributed by atoms with E-state index in [-0.39, 0.29) is 5.91 Å². The van der Waals surface area contributed by atoms with Crippen molar-refractivity contribution in [3.8, 4) is 0 Å². The summed E-state index contributed by atoms with van der Waals surface area (Å²) in [7, 11) is 0. The van der Waals surface area contributed by atoms with Crippen LogP contribution in [-0.2, 0) is 4.79 Å². The summed E-state index contributed by atoms with van der Waals surface area (Å²) in [6.45, 7) is 7.41. The Morgan fingerprint density at radius 1 is 1.28 bits per heavy atom. The minimum absolute atomic E-state index is 0.153. The van der Waals surface area contributed by atoms with Gasteiger partial charge in [-0.15, -0.1) is 0 Å². The van der Waals surface area contributed by atoms with Crippen LogP contribution in [0.3, 0.4) is 0 Å². The molecule has 2 N–H and O–H groups in total. The van der Waals surface area contributed by atoms with E-state index in [1.807, 2.05) is 19.1 Å². The van der Waals surface area contributed by atoms with Crippen LogP contribution in [0, 0.1) is 0 Å². The van der Waals surface area contributed by atoms with Crippen molar-refractivity contribution in [3.05, 3.63) is 29.8 Å². The summed E-state index contributed by atoms with van der Waals surface area (Å²) < 4.78 is 0. The zero-order chi connectivity index (χ0) is 13.5. The molecule has 0 unspecified atom stereocenters. The SMILES string of the molecule is CCCC(=O)N(CCN)c1ccc(C(C)C)cc1. The van der Waals surface area contributed by atoms with E-state index in [4.69, 9.17) is 5.73 Å². The van der Waals surface area contributed by atoms with E-state index in [2.05, 4.69) is 26.0 Å². The second kappa shape index (κ2) is 7.17. The first-order valence-electron chi connectivity index (χ1n) is 6.70. The van der Waals surface area contributed by atoms with Crippen LogP contribution < -0.4 is 10.6 Å². The van der Waals surface area contributed by atoms with Gasteiger partial charge in [-0.1, -0.05) is 32.9 Å². The summed E-state index contributed by atoms with van der Waals surface area (Å²) in [5.74, 6) is 0.661. The maximum absolute atomic E-state index is 12.0. The maximum Gasteiger partial charge on any atom is 0.227 e. The number of nitrogens with zero attached hydrogens (tertiary/aromatic N) is 1. The van der Waals surface area contributed by atoms with Crippen LogP contribution in [-0.4, -0.2) is 19.0 Å². The molecular weight excluding hydrogens is 224 g/mol. The summed E-state index contributed by atoms with van der Waals surface area (Å²) in [4.78, 5) is 13.8. The third kappa shape index (κ3) is 3.84. The van der Waals surface area contributed by atoms with Gasteiger partial charge in [-0.2, -0.15) is 0 Å². The van der Waals surface area contributed by atoms with Crippen molar-refractivity contribution in [2.24, 2.45) is 5.73 Å². The quantitative estimate of drug-likeness (QED) is 0.841. The van der Waals surface area contributed by atoms with E-state index in [9.17, 15) is 4.79 Å². The summed E-state index contributed by atoms with van der Waals surface area (Å²) in [5, 5.41) is 0. The van der Waals surface area contributed by atoms with E-state index >= 15 is 0 Å². The van der Waals surface area contributed by atoms with Gasteiger partial charge in [0.1, 0.15) is 0 Å². The van der Waals surface area contributed by atoms with Crippen LogP contribution >= 0.6 is 0 Å². The molecule has 0 aliphatic carbocycles. The smallest absolute Gasteiger partial charge is 0.227 e. The monoisotopic (exact) mass is 248 g/mol. The molecule has 1 aromatic rings. The highest BCUT2D eigenvalue weighted by molar-refractivity contribution is 5.93. The summed E-state index contributed by atoms with van der Waals surface area (Å²) >= 11 is 0. The number of hydrogen-bond acceptors (Lipinski definition) is 2. The molecule has 1 aromatic carbocycles. The standard InChI is InChI=1S/C15H24N2O/c1-4-5-15(18)17(11-10-16)14-8-6-13(7-9-14)12(2)3/h6-9,12H,4-5,10-11,16H2,1-3H3. The van der Waals surface area contributed by atoms with Crippen molar-refractivity contribution in [2.75, 3.05) is 18.0 Å². The molecule has 0 aliphatic heterocycles. The number of nitrogens with two attached hydrogens (primary N) is 1. The molecule has 0 radical (unpaired) electrons. The molecule has 0 fully saturated rings. The number of anilines is 1. The molecule has 0 aromatic heterocycles. The molecule has 3 heteroatoms. The molecule has 0 bridgehead atoms. The van der Waals surface area contributed by atoms with Crippen LogP contribution in [0.4, 0.5) is 5.69 Å². The Balaban J connectivity index is 2.88. The first-order valence-corrected chi connectivity index (χ1v) is 6.70.